The number of carbonyl (C=O) groups excluding carboxylic acids is 4. The van der Waals surface area contributed by atoms with Crippen LogP contribution in [-0.2, 0) is 25.6 Å². The van der Waals surface area contributed by atoms with Gasteiger partial charge in [0.15, 0.2) is 0 Å². The molecule has 3 aliphatic rings. The van der Waals surface area contributed by atoms with E-state index in [2.05, 4.69) is 0 Å². The summed E-state index contributed by atoms with van der Waals surface area (Å²) in [5, 5.41) is 0. The van der Waals surface area contributed by atoms with Gasteiger partial charge in [0.05, 0.1) is 6.42 Å². The van der Waals surface area contributed by atoms with Crippen LogP contribution in [0.2, 0.25) is 0 Å². The molecule has 4 rings (SSSR count). The Morgan fingerprint density at radius 3 is 2.29 bits per heavy atom. The molecule has 0 aromatic heterocycles. The van der Waals surface area contributed by atoms with Crippen molar-refractivity contribution >= 4 is 23.6 Å². The summed E-state index contributed by atoms with van der Waals surface area (Å²) in [5.41, 5.74) is 0.421. The first-order chi connectivity index (χ1) is 16.4. The lowest BCUT2D eigenvalue weighted by atomic mass is 9.83. The van der Waals surface area contributed by atoms with Crippen LogP contribution in [0.4, 0.5) is 4.39 Å². The van der Waals surface area contributed by atoms with Crippen molar-refractivity contribution in [1.29, 1.82) is 0 Å². The molecular weight excluding hydrogens is 437 g/mol. The van der Waals surface area contributed by atoms with E-state index in [4.69, 9.17) is 0 Å². The third-order valence-corrected chi connectivity index (χ3v) is 7.54. The number of nitrogens with zero attached hydrogens (tertiary/aromatic N) is 3. The van der Waals surface area contributed by atoms with E-state index in [9.17, 15) is 23.6 Å². The number of carbonyl (C=O) groups is 4. The Hall–Kier alpha value is -2.77. The van der Waals surface area contributed by atoms with Crippen LogP contribution >= 0.6 is 0 Å². The van der Waals surface area contributed by atoms with Crippen LogP contribution in [0.15, 0.2) is 24.3 Å². The Labute approximate surface area is 200 Å². The fraction of sp³-hybridized carbons (Fsp3) is 0.615. The van der Waals surface area contributed by atoms with E-state index in [0.29, 0.717) is 50.4 Å². The monoisotopic (exact) mass is 471 g/mol. The molecule has 1 atom stereocenters. The molecule has 1 aromatic carbocycles. The average molecular weight is 472 g/mol. The Morgan fingerprint density at radius 1 is 0.882 bits per heavy atom. The van der Waals surface area contributed by atoms with Crippen molar-refractivity contribution in [3.8, 4) is 0 Å². The number of benzene rings is 1. The molecule has 0 bridgehead atoms. The van der Waals surface area contributed by atoms with Gasteiger partial charge in [0.25, 0.3) is 0 Å². The van der Waals surface area contributed by atoms with E-state index >= 15 is 0 Å². The molecule has 0 spiro atoms. The quantitative estimate of drug-likeness (QED) is 0.598. The van der Waals surface area contributed by atoms with E-state index in [1.165, 1.54) is 11.0 Å². The Bertz CT molecular complexity index is 912. The summed E-state index contributed by atoms with van der Waals surface area (Å²) in [6, 6.07) is 6.52. The standard InChI is InChI=1S/C26H34FN3O4/c27-21-7-2-1-6-20(21)18-26(34)28-15-11-19(12-16-28)22-8-3-4-14-29(22)25(33)13-17-30-23(31)9-5-10-24(30)32/h1-2,6-7,19,22H,3-5,8-18H2. The number of amides is 4. The van der Waals surface area contributed by atoms with Crippen molar-refractivity contribution in [2.45, 2.75) is 70.3 Å². The molecule has 184 valence electrons. The van der Waals surface area contributed by atoms with Crippen LogP contribution in [0.25, 0.3) is 0 Å². The van der Waals surface area contributed by atoms with E-state index in [-0.39, 0.29) is 54.9 Å². The first kappa shape index (κ1) is 24.4. The molecular formula is C26H34FN3O4. The normalized spacial score (nSPS) is 22.3. The van der Waals surface area contributed by atoms with Crippen LogP contribution in [0.1, 0.15) is 63.4 Å². The van der Waals surface area contributed by atoms with E-state index < -0.39 is 0 Å². The summed E-state index contributed by atoms with van der Waals surface area (Å²) in [4.78, 5) is 54.9. The van der Waals surface area contributed by atoms with Crippen LogP contribution in [0.3, 0.4) is 0 Å². The fourth-order valence-electron chi connectivity index (χ4n) is 5.61. The Kier molecular flexibility index (Phi) is 7.95. The van der Waals surface area contributed by atoms with E-state index in [1.54, 1.807) is 18.2 Å². The van der Waals surface area contributed by atoms with Gasteiger partial charge in [-0.25, -0.2) is 4.39 Å². The molecule has 0 saturated carbocycles. The number of halogens is 1. The average Bonchev–Trinajstić information content (AvgIpc) is 2.85. The molecule has 8 heteroatoms. The molecule has 4 amide bonds. The van der Waals surface area contributed by atoms with Gasteiger partial charge in [0.1, 0.15) is 5.82 Å². The van der Waals surface area contributed by atoms with Crippen molar-refractivity contribution in [2.24, 2.45) is 5.92 Å². The molecule has 0 N–H and O–H groups in total. The van der Waals surface area contributed by atoms with Crippen LogP contribution in [0, 0.1) is 11.7 Å². The second-order valence-corrected chi connectivity index (χ2v) is 9.68. The second-order valence-electron chi connectivity index (χ2n) is 9.68. The lowest BCUT2D eigenvalue weighted by molar-refractivity contribution is -0.149. The van der Waals surface area contributed by atoms with E-state index in [0.717, 1.165) is 32.1 Å². The van der Waals surface area contributed by atoms with Gasteiger partial charge in [-0.1, -0.05) is 18.2 Å². The molecule has 1 unspecified atom stereocenters. The third kappa shape index (κ3) is 5.65. The first-order valence-corrected chi connectivity index (χ1v) is 12.6. The molecule has 34 heavy (non-hydrogen) atoms. The van der Waals surface area contributed by atoms with Crippen molar-refractivity contribution in [2.75, 3.05) is 26.2 Å². The highest BCUT2D eigenvalue weighted by Crippen LogP contribution is 2.31. The highest BCUT2D eigenvalue weighted by molar-refractivity contribution is 5.97. The van der Waals surface area contributed by atoms with Crippen molar-refractivity contribution in [3.63, 3.8) is 0 Å². The fourth-order valence-corrected chi connectivity index (χ4v) is 5.61. The molecule has 0 radical (unpaired) electrons. The maximum atomic E-state index is 13.9. The predicted octanol–water partition coefficient (Wildman–Crippen LogP) is 2.92. The zero-order valence-corrected chi connectivity index (χ0v) is 19.7. The van der Waals surface area contributed by atoms with Gasteiger partial charge in [-0.3, -0.25) is 24.1 Å². The van der Waals surface area contributed by atoms with Gasteiger partial charge in [-0.15, -0.1) is 0 Å². The molecule has 3 aliphatic heterocycles. The highest BCUT2D eigenvalue weighted by atomic mass is 19.1. The number of imide groups is 1. The molecule has 7 nitrogen and oxygen atoms in total. The molecule has 3 saturated heterocycles. The maximum Gasteiger partial charge on any atom is 0.229 e. The minimum Gasteiger partial charge on any atom is -0.342 e. The summed E-state index contributed by atoms with van der Waals surface area (Å²) in [6.45, 7) is 2.11. The lowest BCUT2D eigenvalue weighted by Gasteiger charge is -2.44. The van der Waals surface area contributed by atoms with Crippen molar-refractivity contribution in [1.82, 2.24) is 14.7 Å². The zero-order valence-electron chi connectivity index (χ0n) is 19.7. The second kappa shape index (κ2) is 11.1. The number of piperidine rings is 3. The largest absolute Gasteiger partial charge is 0.342 e. The Morgan fingerprint density at radius 2 is 1.59 bits per heavy atom. The maximum absolute atomic E-state index is 13.9. The molecule has 3 fully saturated rings. The van der Waals surface area contributed by atoms with Gasteiger partial charge in [0, 0.05) is 51.5 Å². The number of likely N-dealkylation sites (tertiary alicyclic amines) is 3. The highest BCUT2D eigenvalue weighted by Gasteiger charge is 2.36. The van der Waals surface area contributed by atoms with Crippen LogP contribution in [-0.4, -0.2) is 70.5 Å². The van der Waals surface area contributed by atoms with Crippen LogP contribution in [0.5, 0.6) is 0 Å². The van der Waals surface area contributed by atoms with Crippen LogP contribution < -0.4 is 0 Å². The van der Waals surface area contributed by atoms with Gasteiger partial charge in [-0.05, 0) is 56.1 Å². The number of hydrogen-bond acceptors (Lipinski definition) is 4. The summed E-state index contributed by atoms with van der Waals surface area (Å²) in [5.74, 6) is -0.432. The van der Waals surface area contributed by atoms with Gasteiger partial charge >= 0.3 is 0 Å². The zero-order chi connectivity index (χ0) is 24.1. The summed E-state index contributed by atoms with van der Waals surface area (Å²) < 4.78 is 13.9. The Balaban J connectivity index is 1.30. The minimum absolute atomic E-state index is 0.00827. The number of rotatable bonds is 6. The molecule has 3 heterocycles. The van der Waals surface area contributed by atoms with Gasteiger partial charge in [-0.2, -0.15) is 0 Å². The smallest absolute Gasteiger partial charge is 0.229 e. The van der Waals surface area contributed by atoms with Crippen molar-refractivity contribution < 1.29 is 23.6 Å². The molecule has 0 aliphatic carbocycles. The van der Waals surface area contributed by atoms with E-state index in [1.807, 2.05) is 9.80 Å². The lowest BCUT2D eigenvalue weighted by Crippen LogP contribution is -2.52. The SMILES string of the molecule is O=C(Cc1ccccc1F)N1CCC(C2CCCCN2C(=O)CCN2C(=O)CCCC2=O)CC1. The predicted molar refractivity (Wildman–Crippen MR) is 124 cm³/mol. The summed E-state index contributed by atoms with van der Waals surface area (Å²) >= 11 is 0. The number of hydrogen-bond donors (Lipinski definition) is 0. The third-order valence-electron chi connectivity index (χ3n) is 7.54. The molecule has 1 aromatic rings. The first-order valence-electron chi connectivity index (χ1n) is 12.6. The summed E-state index contributed by atoms with van der Waals surface area (Å²) in [7, 11) is 0. The summed E-state index contributed by atoms with van der Waals surface area (Å²) in [6.07, 6.45) is 6.21. The van der Waals surface area contributed by atoms with Gasteiger partial charge in [0.2, 0.25) is 23.6 Å². The van der Waals surface area contributed by atoms with Gasteiger partial charge < -0.3 is 9.80 Å². The minimum atomic E-state index is -0.352. The topological polar surface area (TPSA) is 78.0 Å². The van der Waals surface area contributed by atoms with Crippen molar-refractivity contribution in [3.05, 3.63) is 35.6 Å².